The van der Waals surface area contributed by atoms with Gasteiger partial charge in [0.05, 0.1) is 25.4 Å². The fourth-order valence-corrected chi connectivity index (χ4v) is 12.2. The lowest BCUT2D eigenvalue weighted by Crippen LogP contribution is -2.45. The zero-order chi connectivity index (χ0) is 59.9. The number of allylic oxidation sites excluding steroid dienone is 4. The van der Waals surface area contributed by atoms with Gasteiger partial charge in [-0.2, -0.15) is 0 Å². The van der Waals surface area contributed by atoms with Crippen molar-refractivity contribution >= 4 is 11.9 Å². The lowest BCUT2D eigenvalue weighted by atomic mass is 10.0. The number of hydrogen-bond acceptors (Lipinski definition) is 5. The molecular formula is C77H149NO5. The number of amides is 1. The van der Waals surface area contributed by atoms with Crippen LogP contribution in [0.1, 0.15) is 431 Å². The summed E-state index contributed by atoms with van der Waals surface area (Å²) in [6.45, 7) is 4.99. The molecule has 0 aliphatic carbocycles. The van der Waals surface area contributed by atoms with Crippen LogP contribution in [-0.2, 0) is 14.3 Å². The first-order valence-corrected chi connectivity index (χ1v) is 38.1. The number of hydrogen-bond donors (Lipinski definition) is 3. The average Bonchev–Trinajstić information content (AvgIpc) is 3.49. The highest BCUT2D eigenvalue weighted by atomic mass is 16.5. The molecule has 83 heavy (non-hydrogen) atoms. The van der Waals surface area contributed by atoms with Crippen LogP contribution < -0.4 is 5.32 Å². The first kappa shape index (κ1) is 81.3. The highest BCUT2D eigenvalue weighted by molar-refractivity contribution is 5.76. The summed E-state index contributed by atoms with van der Waals surface area (Å²) in [5.74, 6) is -0.0110. The normalized spacial score (nSPS) is 12.6. The van der Waals surface area contributed by atoms with Crippen LogP contribution in [0.5, 0.6) is 0 Å². The minimum absolute atomic E-state index is 0.0182. The summed E-state index contributed by atoms with van der Waals surface area (Å²) in [5.41, 5.74) is 0. The average molecular weight is 1170 g/mol. The van der Waals surface area contributed by atoms with Gasteiger partial charge in [-0.3, -0.25) is 9.59 Å². The van der Waals surface area contributed by atoms with Gasteiger partial charge in [-0.05, 0) is 77.0 Å². The van der Waals surface area contributed by atoms with Crippen LogP contribution >= 0.6 is 0 Å². The molecule has 0 aromatic heterocycles. The second kappa shape index (κ2) is 72.8. The standard InChI is InChI=1S/C77H149NO5/c1-3-5-7-9-11-13-15-17-19-21-35-39-43-47-51-55-59-63-67-71-77(82)83-72-68-64-60-56-52-48-44-40-37-34-32-30-28-26-24-22-23-25-27-29-31-33-36-38-42-46-50-54-58-62-66-70-76(81)78-74(73-79)75(80)69-65-61-57-53-49-45-41-20-18-16-14-12-10-8-6-4-2/h17,19,24,26,74-75,79-80H,3-16,18,20-23,25,27-73H2,1-2H3,(H,78,81)/b19-17-,26-24-. The summed E-state index contributed by atoms with van der Waals surface area (Å²) in [7, 11) is 0. The van der Waals surface area contributed by atoms with E-state index in [4.69, 9.17) is 4.74 Å². The zero-order valence-electron chi connectivity index (χ0n) is 56.5. The number of carbonyl (C=O) groups is 2. The molecule has 0 radical (unpaired) electrons. The fourth-order valence-electron chi connectivity index (χ4n) is 12.2. The van der Waals surface area contributed by atoms with E-state index in [1.807, 2.05) is 0 Å². The Bertz CT molecular complexity index is 1300. The Morgan fingerprint density at radius 2 is 0.566 bits per heavy atom. The number of unbranched alkanes of at least 4 members (excludes halogenated alkanes) is 57. The van der Waals surface area contributed by atoms with Gasteiger partial charge >= 0.3 is 5.97 Å². The number of aliphatic hydroxyl groups excluding tert-OH is 2. The van der Waals surface area contributed by atoms with Gasteiger partial charge in [0, 0.05) is 12.8 Å². The Balaban J connectivity index is 3.34. The van der Waals surface area contributed by atoms with E-state index in [1.165, 1.54) is 360 Å². The Kier molecular flexibility index (Phi) is 71.4. The Hall–Kier alpha value is -1.66. The summed E-state index contributed by atoms with van der Waals surface area (Å²) >= 11 is 0. The predicted octanol–water partition coefficient (Wildman–Crippen LogP) is 24.9. The number of ether oxygens (including phenoxy) is 1. The van der Waals surface area contributed by atoms with Gasteiger partial charge in [0.1, 0.15) is 0 Å². The molecule has 0 aliphatic rings. The largest absolute Gasteiger partial charge is 0.466 e. The van der Waals surface area contributed by atoms with E-state index in [9.17, 15) is 19.8 Å². The Morgan fingerprint density at radius 3 is 0.855 bits per heavy atom. The van der Waals surface area contributed by atoms with Crippen LogP contribution in [0.25, 0.3) is 0 Å². The maximum absolute atomic E-state index is 12.5. The van der Waals surface area contributed by atoms with Crippen LogP contribution in [0, 0.1) is 0 Å². The van der Waals surface area contributed by atoms with Crippen molar-refractivity contribution in [1.82, 2.24) is 5.32 Å². The van der Waals surface area contributed by atoms with E-state index in [0.717, 1.165) is 38.5 Å². The monoisotopic (exact) mass is 1170 g/mol. The molecule has 1 amide bonds. The van der Waals surface area contributed by atoms with Crippen molar-refractivity contribution in [2.45, 2.75) is 443 Å². The predicted molar refractivity (Wildman–Crippen MR) is 366 cm³/mol. The second-order valence-electron chi connectivity index (χ2n) is 26.3. The van der Waals surface area contributed by atoms with Crippen molar-refractivity contribution in [1.29, 1.82) is 0 Å². The number of aliphatic hydroxyl groups is 2. The highest BCUT2D eigenvalue weighted by Gasteiger charge is 2.20. The van der Waals surface area contributed by atoms with Gasteiger partial charge in [0.2, 0.25) is 5.91 Å². The van der Waals surface area contributed by atoms with E-state index in [1.54, 1.807) is 0 Å². The maximum Gasteiger partial charge on any atom is 0.305 e. The molecule has 0 saturated heterocycles. The summed E-state index contributed by atoms with van der Waals surface area (Å²) in [6, 6.07) is -0.540. The van der Waals surface area contributed by atoms with Crippen molar-refractivity contribution in [3.8, 4) is 0 Å². The van der Waals surface area contributed by atoms with E-state index in [2.05, 4.69) is 43.5 Å². The van der Waals surface area contributed by atoms with E-state index in [-0.39, 0.29) is 18.5 Å². The maximum atomic E-state index is 12.5. The minimum Gasteiger partial charge on any atom is -0.466 e. The second-order valence-corrected chi connectivity index (χ2v) is 26.3. The molecule has 0 aromatic carbocycles. The molecule has 6 nitrogen and oxygen atoms in total. The SMILES string of the molecule is CCCCCCCC/C=C\CCCCCCCCCCCC(=O)OCCCCCCCCCCCCCC/C=C\CCCCCCCCCCCCCCCCCC(=O)NC(CO)C(O)CCCCCCCCCCCCCCCCCC. The van der Waals surface area contributed by atoms with Crippen molar-refractivity contribution in [2.24, 2.45) is 0 Å². The van der Waals surface area contributed by atoms with Gasteiger partial charge in [-0.25, -0.2) is 0 Å². The smallest absolute Gasteiger partial charge is 0.305 e. The zero-order valence-corrected chi connectivity index (χ0v) is 56.5. The van der Waals surface area contributed by atoms with E-state index < -0.39 is 12.1 Å². The molecule has 0 fully saturated rings. The van der Waals surface area contributed by atoms with Crippen molar-refractivity contribution in [3.63, 3.8) is 0 Å². The quantitative estimate of drug-likeness (QED) is 0.0320. The molecule has 0 aromatic rings. The van der Waals surface area contributed by atoms with Gasteiger partial charge in [-0.1, -0.05) is 366 Å². The number of rotatable bonds is 72. The first-order valence-electron chi connectivity index (χ1n) is 38.1. The lowest BCUT2D eigenvalue weighted by molar-refractivity contribution is -0.143. The third kappa shape index (κ3) is 69.3. The lowest BCUT2D eigenvalue weighted by Gasteiger charge is -2.22. The van der Waals surface area contributed by atoms with Gasteiger partial charge in [0.15, 0.2) is 0 Å². The molecule has 492 valence electrons. The molecular weight excluding hydrogens is 1020 g/mol. The van der Waals surface area contributed by atoms with Gasteiger partial charge in [0.25, 0.3) is 0 Å². The topological polar surface area (TPSA) is 95.9 Å². The highest BCUT2D eigenvalue weighted by Crippen LogP contribution is 2.19. The molecule has 6 heteroatoms. The van der Waals surface area contributed by atoms with E-state index in [0.29, 0.717) is 25.9 Å². The molecule has 0 saturated carbocycles. The Labute approximate surface area is 520 Å². The van der Waals surface area contributed by atoms with Crippen LogP contribution in [-0.4, -0.2) is 47.4 Å². The third-order valence-corrected chi connectivity index (χ3v) is 18.0. The fraction of sp³-hybridized carbons (Fsp3) is 0.922. The molecule has 0 spiro atoms. The summed E-state index contributed by atoms with van der Waals surface area (Å²) < 4.78 is 5.51. The number of esters is 1. The van der Waals surface area contributed by atoms with Crippen LogP contribution in [0.15, 0.2) is 24.3 Å². The first-order chi connectivity index (χ1) is 41.0. The Morgan fingerprint density at radius 1 is 0.325 bits per heavy atom. The minimum atomic E-state index is -0.663. The van der Waals surface area contributed by atoms with Crippen LogP contribution in [0.2, 0.25) is 0 Å². The molecule has 2 atom stereocenters. The van der Waals surface area contributed by atoms with Crippen molar-refractivity contribution in [2.75, 3.05) is 13.2 Å². The molecule has 0 aliphatic heterocycles. The van der Waals surface area contributed by atoms with Crippen molar-refractivity contribution < 1.29 is 24.5 Å². The molecule has 0 heterocycles. The van der Waals surface area contributed by atoms with Crippen LogP contribution in [0.4, 0.5) is 0 Å². The summed E-state index contributed by atoms with van der Waals surface area (Å²) in [6.07, 6.45) is 92.5. The molecule has 2 unspecified atom stereocenters. The van der Waals surface area contributed by atoms with E-state index >= 15 is 0 Å². The summed E-state index contributed by atoms with van der Waals surface area (Å²) in [5, 5.41) is 23.4. The third-order valence-electron chi connectivity index (χ3n) is 18.0. The number of nitrogens with one attached hydrogen (secondary N) is 1. The van der Waals surface area contributed by atoms with Crippen LogP contribution in [0.3, 0.4) is 0 Å². The van der Waals surface area contributed by atoms with Gasteiger partial charge in [-0.15, -0.1) is 0 Å². The summed E-state index contributed by atoms with van der Waals surface area (Å²) in [4.78, 5) is 24.6. The molecule has 0 rings (SSSR count). The van der Waals surface area contributed by atoms with Gasteiger partial charge < -0.3 is 20.3 Å². The number of carbonyl (C=O) groups excluding carboxylic acids is 2. The molecule has 0 bridgehead atoms. The van der Waals surface area contributed by atoms with Crippen molar-refractivity contribution in [3.05, 3.63) is 24.3 Å². The molecule has 3 N–H and O–H groups in total.